The van der Waals surface area contributed by atoms with Crippen molar-refractivity contribution in [2.75, 3.05) is 19.4 Å². The summed E-state index contributed by atoms with van der Waals surface area (Å²) >= 11 is 6.15. The molecule has 1 aliphatic rings. The van der Waals surface area contributed by atoms with Crippen LogP contribution in [0.1, 0.15) is 26.2 Å². The molecule has 11 heavy (non-hydrogen) atoms. The first-order valence-electron chi connectivity index (χ1n) is 4.24. The third-order valence-corrected chi connectivity index (χ3v) is 5.20. The fourth-order valence-corrected chi connectivity index (χ4v) is 3.99. The summed E-state index contributed by atoms with van der Waals surface area (Å²) in [5, 5.41) is 0. The predicted molar refractivity (Wildman–Crippen MR) is 50.5 cm³/mol. The van der Waals surface area contributed by atoms with E-state index in [1.54, 1.807) is 0 Å². The summed E-state index contributed by atoms with van der Waals surface area (Å²) < 4.78 is 10.9. The minimum absolute atomic E-state index is 0.791. The number of hydrogen-bond donors (Lipinski definition) is 0. The summed E-state index contributed by atoms with van der Waals surface area (Å²) in [6.07, 6.45) is 4.21. The second-order valence-corrected chi connectivity index (χ2v) is 6.94. The molecule has 1 aliphatic heterocycles. The van der Waals surface area contributed by atoms with Gasteiger partial charge in [-0.3, -0.25) is 0 Å². The molecule has 0 unspecified atom stereocenters. The van der Waals surface area contributed by atoms with Gasteiger partial charge in [0.1, 0.15) is 0 Å². The average Bonchev–Trinajstić information content (AvgIpc) is 2.03. The SMILES string of the molecule is CCCC[PH]1(Cl)OCCCO1. The van der Waals surface area contributed by atoms with E-state index in [1.165, 1.54) is 0 Å². The Balaban J connectivity index is 2.25. The Kier molecular flexibility index (Phi) is 4.08. The van der Waals surface area contributed by atoms with E-state index in [4.69, 9.17) is 20.3 Å². The molecule has 1 rings (SSSR count). The molecular formula is C7H16ClO2P. The zero-order chi connectivity index (χ0) is 8.16. The van der Waals surface area contributed by atoms with Gasteiger partial charge in [0.2, 0.25) is 0 Å². The van der Waals surface area contributed by atoms with Gasteiger partial charge in [-0.15, -0.1) is 0 Å². The third-order valence-electron chi connectivity index (χ3n) is 1.75. The molecule has 0 bridgehead atoms. The molecule has 0 amide bonds. The Morgan fingerprint density at radius 1 is 1.36 bits per heavy atom. The summed E-state index contributed by atoms with van der Waals surface area (Å²) in [5.41, 5.74) is 0. The Bertz CT molecular complexity index is 115. The molecule has 1 heterocycles. The van der Waals surface area contributed by atoms with Crippen LogP contribution >= 0.6 is 18.3 Å². The van der Waals surface area contributed by atoms with Crippen molar-refractivity contribution >= 4 is 18.3 Å². The van der Waals surface area contributed by atoms with E-state index in [-0.39, 0.29) is 0 Å². The van der Waals surface area contributed by atoms with Gasteiger partial charge in [-0.1, -0.05) is 0 Å². The topological polar surface area (TPSA) is 18.5 Å². The molecule has 0 radical (unpaired) electrons. The van der Waals surface area contributed by atoms with Crippen LogP contribution in [-0.2, 0) is 9.05 Å². The Morgan fingerprint density at radius 2 is 2.00 bits per heavy atom. The van der Waals surface area contributed by atoms with E-state index in [0.29, 0.717) is 0 Å². The van der Waals surface area contributed by atoms with Gasteiger partial charge in [0.25, 0.3) is 0 Å². The molecule has 1 fully saturated rings. The van der Waals surface area contributed by atoms with Crippen LogP contribution < -0.4 is 0 Å². The van der Waals surface area contributed by atoms with Crippen molar-refractivity contribution in [3.05, 3.63) is 0 Å². The first kappa shape index (κ1) is 9.73. The molecule has 0 aromatic rings. The Morgan fingerprint density at radius 3 is 2.55 bits per heavy atom. The van der Waals surface area contributed by atoms with Crippen LogP contribution in [0.15, 0.2) is 0 Å². The molecule has 0 saturated carbocycles. The van der Waals surface area contributed by atoms with E-state index in [0.717, 1.165) is 38.6 Å². The minimum atomic E-state index is -2.19. The average molecular weight is 199 g/mol. The van der Waals surface area contributed by atoms with Crippen LogP contribution in [-0.4, -0.2) is 19.4 Å². The van der Waals surface area contributed by atoms with Crippen molar-refractivity contribution < 1.29 is 9.05 Å². The van der Waals surface area contributed by atoms with Crippen LogP contribution in [0.3, 0.4) is 0 Å². The molecule has 0 aromatic heterocycles. The molecule has 68 valence electrons. The first-order valence-corrected chi connectivity index (χ1v) is 7.27. The van der Waals surface area contributed by atoms with Crippen molar-refractivity contribution in [3.63, 3.8) is 0 Å². The number of unbranched alkanes of at least 4 members (excludes halogenated alkanes) is 1. The zero-order valence-electron chi connectivity index (χ0n) is 6.94. The fourth-order valence-electron chi connectivity index (χ4n) is 1.08. The summed E-state index contributed by atoms with van der Waals surface area (Å²) in [6, 6.07) is 0. The molecule has 0 spiro atoms. The monoisotopic (exact) mass is 198 g/mol. The van der Waals surface area contributed by atoms with Crippen molar-refractivity contribution in [1.29, 1.82) is 0 Å². The summed E-state index contributed by atoms with van der Waals surface area (Å²) in [6.45, 7) is 3.73. The standard InChI is InChI=1S/C7H16ClO2P/c1-2-3-7-11(8)9-5-4-6-10-11/h11H,2-7H2,1H3. The van der Waals surface area contributed by atoms with E-state index >= 15 is 0 Å². The van der Waals surface area contributed by atoms with Gasteiger partial charge in [0, 0.05) is 0 Å². The molecule has 0 atom stereocenters. The second kappa shape index (κ2) is 4.61. The Hall–Kier alpha value is 0.640. The van der Waals surface area contributed by atoms with Gasteiger partial charge in [-0.25, -0.2) is 0 Å². The molecule has 0 aromatic carbocycles. The van der Waals surface area contributed by atoms with Gasteiger partial charge < -0.3 is 0 Å². The van der Waals surface area contributed by atoms with E-state index in [2.05, 4.69) is 6.92 Å². The van der Waals surface area contributed by atoms with Crippen molar-refractivity contribution in [2.24, 2.45) is 0 Å². The normalized spacial score (nSPS) is 26.4. The third kappa shape index (κ3) is 3.25. The number of halogens is 1. The van der Waals surface area contributed by atoms with Crippen molar-refractivity contribution in [1.82, 2.24) is 0 Å². The van der Waals surface area contributed by atoms with Crippen LogP contribution in [0.5, 0.6) is 0 Å². The molecule has 1 saturated heterocycles. The quantitative estimate of drug-likeness (QED) is 0.650. The van der Waals surface area contributed by atoms with E-state index in [1.807, 2.05) is 0 Å². The van der Waals surface area contributed by atoms with E-state index in [9.17, 15) is 0 Å². The van der Waals surface area contributed by atoms with Gasteiger partial charge >= 0.3 is 72.9 Å². The molecule has 4 heteroatoms. The molecule has 0 aliphatic carbocycles. The molecule has 2 nitrogen and oxygen atoms in total. The summed E-state index contributed by atoms with van der Waals surface area (Å²) in [5.74, 6) is 0. The van der Waals surface area contributed by atoms with Crippen LogP contribution in [0.4, 0.5) is 0 Å². The number of hydrogen-bond acceptors (Lipinski definition) is 2. The van der Waals surface area contributed by atoms with Gasteiger partial charge in [-0.05, 0) is 0 Å². The fraction of sp³-hybridized carbons (Fsp3) is 1.00. The van der Waals surface area contributed by atoms with E-state index < -0.39 is 7.07 Å². The predicted octanol–water partition coefficient (Wildman–Crippen LogP) is 2.96. The van der Waals surface area contributed by atoms with Crippen LogP contribution in [0, 0.1) is 0 Å². The van der Waals surface area contributed by atoms with Gasteiger partial charge in [0.05, 0.1) is 0 Å². The number of rotatable bonds is 3. The van der Waals surface area contributed by atoms with Crippen molar-refractivity contribution in [2.45, 2.75) is 26.2 Å². The zero-order valence-corrected chi connectivity index (χ0v) is 8.69. The molecule has 0 N–H and O–H groups in total. The second-order valence-electron chi connectivity index (χ2n) is 2.81. The maximum atomic E-state index is 6.15. The van der Waals surface area contributed by atoms with Gasteiger partial charge in [0.15, 0.2) is 0 Å². The van der Waals surface area contributed by atoms with Gasteiger partial charge in [-0.2, -0.15) is 0 Å². The van der Waals surface area contributed by atoms with Crippen LogP contribution in [0.2, 0.25) is 0 Å². The summed E-state index contributed by atoms with van der Waals surface area (Å²) in [4.78, 5) is 0. The van der Waals surface area contributed by atoms with Crippen LogP contribution in [0.25, 0.3) is 0 Å². The molecular weight excluding hydrogens is 183 g/mol. The summed E-state index contributed by atoms with van der Waals surface area (Å²) in [7, 11) is -2.19. The Labute approximate surface area is 73.5 Å². The van der Waals surface area contributed by atoms with Crippen molar-refractivity contribution in [3.8, 4) is 0 Å². The first-order chi connectivity index (χ1) is 5.27. The maximum absolute atomic E-state index is 6.15.